The van der Waals surface area contributed by atoms with Crippen LogP contribution in [0, 0.1) is 0 Å². The van der Waals surface area contributed by atoms with Gasteiger partial charge in [-0.05, 0) is 48.2 Å². The number of amidine groups is 1. The summed E-state index contributed by atoms with van der Waals surface area (Å²) >= 11 is 1.17. The molecule has 0 spiro atoms. The van der Waals surface area contributed by atoms with Gasteiger partial charge in [-0.1, -0.05) is 36.4 Å². The maximum Gasteiger partial charge on any atom is 0.285 e. The van der Waals surface area contributed by atoms with Gasteiger partial charge in [-0.15, -0.1) is 0 Å². The lowest BCUT2D eigenvalue weighted by atomic mass is 10.2. The predicted octanol–water partition coefficient (Wildman–Crippen LogP) is 4.23. The molecule has 1 aromatic heterocycles. The van der Waals surface area contributed by atoms with Crippen molar-refractivity contribution in [1.29, 1.82) is 0 Å². The lowest BCUT2D eigenvalue weighted by molar-refractivity contribution is -0.123. The Morgan fingerprint density at radius 2 is 1.71 bits per heavy atom. The van der Waals surface area contributed by atoms with Gasteiger partial charge in [-0.3, -0.25) is 15.0 Å². The van der Waals surface area contributed by atoms with E-state index in [0.717, 1.165) is 0 Å². The van der Waals surface area contributed by atoms with E-state index < -0.39 is 5.91 Å². The van der Waals surface area contributed by atoms with Crippen LogP contribution >= 0.6 is 11.8 Å². The fourth-order valence-electron chi connectivity index (χ4n) is 2.52. The van der Waals surface area contributed by atoms with Crippen molar-refractivity contribution in [2.75, 3.05) is 0 Å². The molecule has 6 nitrogen and oxygen atoms in total. The number of furan rings is 1. The molecule has 1 fully saturated rings. The lowest BCUT2D eigenvalue weighted by Crippen LogP contribution is -2.45. The van der Waals surface area contributed by atoms with Crippen LogP contribution in [0.5, 0.6) is 0 Å². The number of carbonyl (C=O) groups excluding carboxylic acids is 2. The highest BCUT2D eigenvalue weighted by Gasteiger charge is 2.35. The average Bonchev–Trinajstić information content (AvgIpc) is 3.34. The van der Waals surface area contributed by atoms with Crippen molar-refractivity contribution in [3.63, 3.8) is 0 Å². The molecule has 2 amide bonds. The highest BCUT2D eigenvalue weighted by molar-refractivity contribution is 8.18. The summed E-state index contributed by atoms with van der Waals surface area (Å²) in [4.78, 5) is 30.4. The van der Waals surface area contributed by atoms with Crippen LogP contribution in [0.1, 0.15) is 16.1 Å². The number of hydrogen-bond donors (Lipinski definition) is 1. The van der Waals surface area contributed by atoms with Gasteiger partial charge in [0.2, 0.25) is 0 Å². The predicted molar refractivity (Wildman–Crippen MR) is 109 cm³/mol. The van der Waals surface area contributed by atoms with E-state index in [1.54, 1.807) is 42.5 Å². The van der Waals surface area contributed by atoms with Crippen molar-refractivity contribution in [3.8, 4) is 0 Å². The van der Waals surface area contributed by atoms with E-state index in [1.807, 2.05) is 36.4 Å². The number of carbonyl (C=O) groups is 2. The molecule has 4 rings (SSSR count). The minimum atomic E-state index is -0.394. The van der Waals surface area contributed by atoms with Crippen LogP contribution in [-0.2, 0) is 4.79 Å². The Balaban J connectivity index is 1.66. The minimum absolute atomic E-state index is 0.360. The third kappa shape index (κ3) is 3.89. The molecule has 138 valence electrons. The van der Waals surface area contributed by atoms with Crippen LogP contribution in [0.2, 0.25) is 0 Å². The van der Waals surface area contributed by atoms with Crippen molar-refractivity contribution in [3.05, 3.63) is 95.3 Å². The first-order chi connectivity index (χ1) is 13.7. The Kier molecular flexibility index (Phi) is 5.07. The van der Waals surface area contributed by atoms with Gasteiger partial charge in [0.05, 0.1) is 16.9 Å². The second kappa shape index (κ2) is 7.98. The zero-order valence-corrected chi connectivity index (χ0v) is 15.4. The minimum Gasteiger partial charge on any atom is -0.465 e. The highest BCUT2D eigenvalue weighted by atomic mass is 32.2. The number of nitrogens with one attached hydrogen (secondary N) is 1. The smallest absolute Gasteiger partial charge is 0.285 e. The maximum absolute atomic E-state index is 12.9. The lowest BCUT2D eigenvalue weighted by Gasteiger charge is -2.16. The molecule has 0 bridgehead atoms. The number of nitrogens with zero attached hydrogens (tertiary/aromatic N) is 2. The zero-order valence-electron chi connectivity index (χ0n) is 14.6. The molecule has 0 saturated carbocycles. The molecule has 0 atom stereocenters. The fraction of sp³-hybridized carbons (Fsp3) is 0. The highest BCUT2D eigenvalue weighted by Crippen LogP contribution is 2.33. The third-order valence-corrected chi connectivity index (χ3v) is 4.82. The quantitative estimate of drug-likeness (QED) is 0.678. The number of rotatable bonds is 4. The average molecular weight is 389 g/mol. The third-order valence-electron chi connectivity index (χ3n) is 3.85. The van der Waals surface area contributed by atoms with Gasteiger partial charge in [-0.2, -0.15) is 5.01 Å². The first-order valence-corrected chi connectivity index (χ1v) is 9.29. The van der Waals surface area contributed by atoms with Crippen LogP contribution in [0.25, 0.3) is 6.08 Å². The van der Waals surface area contributed by atoms with Gasteiger partial charge >= 0.3 is 0 Å². The van der Waals surface area contributed by atoms with Crippen LogP contribution in [0.15, 0.2) is 93.4 Å². The summed E-state index contributed by atoms with van der Waals surface area (Å²) in [5.74, 6) is -0.221. The number of benzene rings is 2. The molecule has 1 N–H and O–H groups in total. The number of para-hydroxylation sites is 1. The van der Waals surface area contributed by atoms with Crippen LogP contribution in [0.4, 0.5) is 5.69 Å². The van der Waals surface area contributed by atoms with Gasteiger partial charge in [0.1, 0.15) is 5.76 Å². The molecule has 1 aliphatic rings. The molecule has 1 saturated heterocycles. The van der Waals surface area contributed by atoms with E-state index in [4.69, 9.17) is 4.42 Å². The Morgan fingerprint density at radius 1 is 1.00 bits per heavy atom. The number of hydrogen-bond acceptors (Lipinski definition) is 5. The second-order valence-electron chi connectivity index (χ2n) is 5.80. The monoisotopic (exact) mass is 389 g/mol. The van der Waals surface area contributed by atoms with Gasteiger partial charge in [0, 0.05) is 11.6 Å². The van der Waals surface area contributed by atoms with Crippen LogP contribution in [-0.4, -0.2) is 22.0 Å². The standard InChI is InChI=1S/C21H15N3O3S/c25-19(15-8-3-1-4-9-15)23-24-20(26)18(14-17-12-7-13-27-17)28-21(24)22-16-10-5-2-6-11-16/h1-14H,(H,23,25). The summed E-state index contributed by atoms with van der Waals surface area (Å²) in [6, 6.07) is 21.4. The first kappa shape index (κ1) is 17.8. The summed E-state index contributed by atoms with van der Waals surface area (Å²) in [5, 5.41) is 1.53. The molecule has 3 aromatic rings. The Hall–Kier alpha value is -3.58. The Bertz CT molecular complexity index is 1050. The van der Waals surface area contributed by atoms with Crippen LogP contribution in [0.3, 0.4) is 0 Å². The molecule has 1 aliphatic heterocycles. The maximum atomic E-state index is 12.9. The summed E-state index contributed by atoms with van der Waals surface area (Å²) in [6.45, 7) is 0. The van der Waals surface area contributed by atoms with E-state index in [-0.39, 0.29) is 5.91 Å². The molecule has 2 heterocycles. The first-order valence-electron chi connectivity index (χ1n) is 8.48. The summed E-state index contributed by atoms with van der Waals surface area (Å²) < 4.78 is 5.30. The second-order valence-corrected chi connectivity index (χ2v) is 6.81. The summed E-state index contributed by atoms with van der Waals surface area (Å²) in [6.07, 6.45) is 3.16. The molecule has 2 aromatic carbocycles. The van der Waals surface area contributed by atoms with Crippen LogP contribution < -0.4 is 5.43 Å². The van der Waals surface area contributed by atoms with Gasteiger partial charge < -0.3 is 4.42 Å². The Labute approximate surface area is 165 Å². The molecule has 28 heavy (non-hydrogen) atoms. The van der Waals surface area contributed by atoms with Crippen molar-refractivity contribution in [2.24, 2.45) is 4.99 Å². The normalized spacial score (nSPS) is 16.7. The topological polar surface area (TPSA) is 74.9 Å². The summed E-state index contributed by atoms with van der Waals surface area (Å²) in [5.41, 5.74) is 3.77. The van der Waals surface area contributed by atoms with E-state index >= 15 is 0 Å². The number of amides is 2. The number of thioether (sulfide) groups is 1. The van der Waals surface area contributed by atoms with Crippen molar-refractivity contribution in [1.82, 2.24) is 10.4 Å². The van der Waals surface area contributed by atoms with Gasteiger partial charge in [-0.25, -0.2) is 4.99 Å². The van der Waals surface area contributed by atoms with E-state index in [1.165, 1.54) is 23.0 Å². The zero-order chi connectivity index (χ0) is 19.3. The van der Waals surface area contributed by atoms with Gasteiger partial charge in [0.15, 0.2) is 5.17 Å². The summed E-state index contributed by atoms with van der Waals surface area (Å²) in [7, 11) is 0. The van der Waals surface area contributed by atoms with Gasteiger partial charge in [0.25, 0.3) is 11.8 Å². The molecule has 0 radical (unpaired) electrons. The largest absolute Gasteiger partial charge is 0.465 e. The molecule has 0 aliphatic carbocycles. The van der Waals surface area contributed by atoms with Crippen molar-refractivity contribution >= 4 is 40.5 Å². The Morgan fingerprint density at radius 3 is 2.39 bits per heavy atom. The molecule has 0 unspecified atom stereocenters. The number of aliphatic imine (C=N–C) groups is 1. The van der Waals surface area contributed by atoms with E-state index in [0.29, 0.717) is 27.1 Å². The number of hydrazine groups is 1. The van der Waals surface area contributed by atoms with Crippen molar-refractivity contribution < 1.29 is 14.0 Å². The van der Waals surface area contributed by atoms with Crippen molar-refractivity contribution in [2.45, 2.75) is 0 Å². The SMILES string of the molecule is O=C(NN1C(=O)C(=Cc2ccco2)SC1=Nc1ccccc1)c1ccccc1. The van der Waals surface area contributed by atoms with E-state index in [2.05, 4.69) is 10.4 Å². The fourth-order valence-corrected chi connectivity index (χ4v) is 3.44. The molecular formula is C21H15N3O3S. The molecule has 7 heteroatoms. The molecular weight excluding hydrogens is 374 g/mol. The van der Waals surface area contributed by atoms with E-state index in [9.17, 15) is 9.59 Å².